The summed E-state index contributed by atoms with van der Waals surface area (Å²) in [6.07, 6.45) is 0. The molecule has 0 aromatic carbocycles. The van der Waals surface area contributed by atoms with E-state index >= 15 is 0 Å². The zero-order chi connectivity index (χ0) is 12.1. The van der Waals surface area contributed by atoms with E-state index in [9.17, 15) is 9.59 Å². The van der Waals surface area contributed by atoms with Gasteiger partial charge < -0.3 is 14.6 Å². The van der Waals surface area contributed by atoms with Gasteiger partial charge >= 0.3 is 5.97 Å². The van der Waals surface area contributed by atoms with E-state index < -0.39 is 0 Å². The van der Waals surface area contributed by atoms with Crippen molar-refractivity contribution in [1.82, 2.24) is 9.88 Å². The predicted molar refractivity (Wildman–Crippen MR) is 58.7 cm³/mol. The minimum Gasteiger partial charge on any atom is -0.468 e. The van der Waals surface area contributed by atoms with Crippen molar-refractivity contribution in [2.45, 2.75) is 26.9 Å². The van der Waals surface area contributed by atoms with Crippen LogP contribution in [0.2, 0.25) is 0 Å². The fourth-order valence-corrected chi connectivity index (χ4v) is 1.41. The fraction of sp³-hybridized carbons (Fsp3) is 0.455. The van der Waals surface area contributed by atoms with Crippen LogP contribution in [0.4, 0.5) is 0 Å². The second kappa shape index (κ2) is 5.34. The molecule has 1 aromatic rings. The van der Waals surface area contributed by atoms with Gasteiger partial charge in [0, 0.05) is 18.3 Å². The van der Waals surface area contributed by atoms with E-state index in [2.05, 4.69) is 10.1 Å². The maximum Gasteiger partial charge on any atom is 0.325 e. The highest BCUT2D eigenvalue weighted by Crippen LogP contribution is 2.08. The third-order valence-corrected chi connectivity index (χ3v) is 2.32. The molecule has 0 aliphatic carbocycles. The number of esters is 1. The number of carbonyl (C=O) groups excluding carboxylic acids is 2. The summed E-state index contributed by atoms with van der Waals surface area (Å²) in [5.41, 5.74) is 1.85. The molecule has 0 saturated heterocycles. The molecule has 0 fully saturated rings. The Morgan fingerprint density at radius 2 is 2.12 bits per heavy atom. The predicted octanol–water partition coefficient (Wildman–Crippen LogP) is 0.606. The van der Waals surface area contributed by atoms with Crippen LogP contribution in [-0.4, -0.2) is 23.6 Å². The molecule has 1 heterocycles. The Kier molecular flexibility index (Phi) is 4.10. The number of methoxy groups -OCH3 is 1. The number of rotatable bonds is 4. The highest BCUT2D eigenvalue weighted by atomic mass is 16.5. The number of hydrogen-bond donors (Lipinski definition) is 1. The molecule has 1 aromatic heterocycles. The topological polar surface area (TPSA) is 60.3 Å². The molecule has 0 radical (unpaired) electrons. The molecule has 1 rings (SSSR count). The highest BCUT2D eigenvalue weighted by Gasteiger charge is 2.09. The maximum absolute atomic E-state index is 11.2. The second-order valence-corrected chi connectivity index (χ2v) is 3.54. The van der Waals surface area contributed by atoms with Gasteiger partial charge in [0.25, 0.3) is 0 Å². The number of aromatic nitrogens is 1. The average molecular weight is 224 g/mol. The van der Waals surface area contributed by atoms with E-state index in [0.29, 0.717) is 6.54 Å². The Balaban J connectivity index is 2.77. The van der Waals surface area contributed by atoms with Crippen LogP contribution in [0.25, 0.3) is 0 Å². The Hall–Kier alpha value is -1.78. The van der Waals surface area contributed by atoms with Crippen molar-refractivity contribution in [3.8, 4) is 0 Å². The molecule has 0 spiro atoms. The van der Waals surface area contributed by atoms with E-state index in [4.69, 9.17) is 0 Å². The number of nitrogens with zero attached hydrogens (tertiary/aromatic N) is 1. The Morgan fingerprint density at radius 1 is 1.44 bits per heavy atom. The van der Waals surface area contributed by atoms with Gasteiger partial charge in [-0.3, -0.25) is 9.59 Å². The summed E-state index contributed by atoms with van der Waals surface area (Å²) in [4.78, 5) is 22.0. The van der Waals surface area contributed by atoms with Gasteiger partial charge in [-0.15, -0.1) is 0 Å². The largest absolute Gasteiger partial charge is 0.468 e. The van der Waals surface area contributed by atoms with Crippen molar-refractivity contribution in [3.05, 3.63) is 23.5 Å². The molecular formula is C11H16N2O3. The standard InChI is InChI=1S/C11H16N2O3/c1-8-4-5-10(6-12-9(2)14)13(8)7-11(15)16-3/h4-5H,6-7H2,1-3H3,(H,12,14). The fourth-order valence-electron chi connectivity index (χ4n) is 1.41. The van der Waals surface area contributed by atoms with Gasteiger partial charge in [-0.2, -0.15) is 0 Å². The maximum atomic E-state index is 11.2. The van der Waals surface area contributed by atoms with Gasteiger partial charge in [-0.1, -0.05) is 0 Å². The van der Waals surface area contributed by atoms with Crippen LogP contribution >= 0.6 is 0 Å². The summed E-state index contributed by atoms with van der Waals surface area (Å²) < 4.78 is 6.43. The smallest absolute Gasteiger partial charge is 0.325 e. The van der Waals surface area contributed by atoms with Crippen molar-refractivity contribution in [1.29, 1.82) is 0 Å². The Bertz CT molecular complexity index is 396. The Morgan fingerprint density at radius 3 is 2.69 bits per heavy atom. The molecule has 1 amide bonds. The number of aryl methyl sites for hydroxylation is 1. The van der Waals surface area contributed by atoms with Crippen molar-refractivity contribution in [2.24, 2.45) is 0 Å². The molecule has 0 saturated carbocycles. The van der Waals surface area contributed by atoms with Crippen molar-refractivity contribution >= 4 is 11.9 Å². The summed E-state index contributed by atoms with van der Waals surface area (Å²) in [6, 6.07) is 3.79. The monoisotopic (exact) mass is 224 g/mol. The zero-order valence-electron chi connectivity index (χ0n) is 9.74. The molecule has 0 unspecified atom stereocenters. The second-order valence-electron chi connectivity index (χ2n) is 3.54. The summed E-state index contributed by atoms with van der Waals surface area (Å²) in [5.74, 6) is -0.396. The molecule has 88 valence electrons. The van der Waals surface area contributed by atoms with Gasteiger partial charge in [-0.05, 0) is 19.1 Å². The van der Waals surface area contributed by atoms with Crippen molar-refractivity contribution in [2.75, 3.05) is 7.11 Å². The van der Waals surface area contributed by atoms with E-state index in [1.54, 1.807) is 0 Å². The number of nitrogens with one attached hydrogen (secondary N) is 1. The number of carbonyl (C=O) groups is 2. The SMILES string of the molecule is COC(=O)Cn1c(C)ccc1CNC(C)=O. The molecule has 1 N–H and O–H groups in total. The van der Waals surface area contributed by atoms with Gasteiger partial charge in [0.1, 0.15) is 6.54 Å². The molecular weight excluding hydrogens is 208 g/mol. The lowest BCUT2D eigenvalue weighted by Gasteiger charge is -2.10. The van der Waals surface area contributed by atoms with E-state index in [1.165, 1.54) is 14.0 Å². The van der Waals surface area contributed by atoms with Crippen LogP contribution in [0.1, 0.15) is 18.3 Å². The molecule has 0 bridgehead atoms. The third kappa shape index (κ3) is 3.12. The van der Waals surface area contributed by atoms with Gasteiger partial charge in [0.05, 0.1) is 13.7 Å². The van der Waals surface area contributed by atoms with E-state index in [-0.39, 0.29) is 18.4 Å². The number of amides is 1. The van der Waals surface area contributed by atoms with E-state index in [1.807, 2.05) is 23.6 Å². The highest BCUT2D eigenvalue weighted by molar-refractivity contribution is 5.72. The van der Waals surface area contributed by atoms with Gasteiger partial charge in [0.15, 0.2) is 0 Å². The summed E-state index contributed by atoms with van der Waals surface area (Å²) >= 11 is 0. The van der Waals surface area contributed by atoms with Crippen LogP contribution in [-0.2, 0) is 27.4 Å². The first kappa shape index (κ1) is 12.3. The summed E-state index contributed by atoms with van der Waals surface area (Å²) in [7, 11) is 1.36. The van der Waals surface area contributed by atoms with Crippen LogP contribution in [0, 0.1) is 6.92 Å². The summed E-state index contributed by atoms with van der Waals surface area (Å²) in [6.45, 7) is 3.95. The lowest BCUT2D eigenvalue weighted by Crippen LogP contribution is -2.23. The van der Waals surface area contributed by atoms with Gasteiger partial charge in [-0.25, -0.2) is 0 Å². The van der Waals surface area contributed by atoms with Gasteiger partial charge in [0.2, 0.25) is 5.91 Å². The minimum atomic E-state index is -0.302. The lowest BCUT2D eigenvalue weighted by molar-refractivity contribution is -0.141. The average Bonchev–Trinajstić information content (AvgIpc) is 2.57. The van der Waals surface area contributed by atoms with Crippen molar-refractivity contribution in [3.63, 3.8) is 0 Å². The Labute approximate surface area is 94.4 Å². The number of ether oxygens (including phenoxy) is 1. The zero-order valence-corrected chi connectivity index (χ0v) is 9.74. The van der Waals surface area contributed by atoms with Crippen LogP contribution < -0.4 is 5.32 Å². The molecule has 16 heavy (non-hydrogen) atoms. The molecule has 0 atom stereocenters. The number of hydrogen-bond acceptors (Lipinski definition) is 3. The van der Waals surface area contributed by atoms with E-state index in [0.717, 1.165) is 11.4 Å². The molecule has 5 nitrogen and oxygen atoms in total. The molecule has 5 heteroatoms. The quantitative estimate of drug-likeness (QED) is 0.762. The van der Waals surface area contributed by atoms with Crippen molar-refractivity contribution < 1.29 is 14.3 Å². The first-order valence-electron chi connectivity index (χ1n) is 5.01. The summed E-state index contributed by atoms with van der Waals surface area (Å²) in [5, 5.41) is 2.69. The normalized spacial score (nSPS) is 9.94. The molecule has 0 aliphatic rings. The minimum absolute atomic E-state index is 0.0940. The molecule has 0 aliphatic heterocycles. The first-order valence-corrected chi connectivity index (χ1v) is 5.01. The third-order valence-electron chi connectivity index (χ3n) is 2.32. The van der Waals surface area contributed by atoms with Crippen LogP contribution in [0.3, 0.4) is 0 Å². The lowest BCUT2D eigenvalue weighted by atomic mass is 10.4. The van der Waals surface area contributed by atoms with Crippen LogP contribution in [0.15, 0.2) is 12.1 Å². The first-order chi connectivity index (χ1) is 7.54. The van der Waals surface area contributed by atoms with Crippen LogP contribution in [0.5, 0.6) is 0 Å².